The number of benzene rings is 2. The number of nitrogens with zero attached hydrogens (tertiary/aromatic N) is 1. The summed E-state index contributed by atoms with van der Waals surface area (Å²) in [7, 11) is 0. The number of fused-ring (bicyclic) bond motifs is 1. The zero-order valence-corrected chi connectivity index (χ0v) is 10.4. The molecule has 96 valence electrons. The maximum atomic E-state index is 13.3. The van der Waals surface area contributed by atoms with Crippen molar-refractivity contribution in [2.45, 2.75) is 0 Å². The number of hydrogen-bond acceptors (Lipinski definition) is 2. The highest BCUT2D eigenvalue weighted by Crippen LogP contribution is 2.18. The molecule has 3 rings (SSSR count). The summed E-state index contributed by atoms with van der Waals surface area (Å²) >= 11 is 0. The number of aromatic amines is 1. The summed E-state index contributed by atoms with van der Waals surface area (Å²) < 4.78 is 13.3. The largest absolute Gasteiger partial charge is 0.361 e. The van der Waals surface area contributed by atoms with E-state index in [1.807, 2.05) is 12.1 Å². The van der Waals surface area contributed by atoms with E-state index in [0.29, 0.717) is 11.1 Å². The molecular formula is C16H9FN2O. The monoisotopic (exact) mass is 264 g/mol. The number of aromatic nitrogens is 1. The third-order valence-electron chi connectivity index (χ3n) is 3.16. The predicted molar refractivity (Wildman–Crippen MR) is 72.8 cm³/mol. The smallest absolute Gasteiger partial charge is 0.193 e. The summed E-state index contributed by atoms with van der Waals surface area (Å²) in [5.74, 6) is -0.852. The molecule has 0 aliphatic heterocycles. The minimum atomic E-state index is -0.620. The molecule has 1 aromatic heterocycles. The van der Waals surface area contributed by atoms with Gasteiger partial charge in [-0.05, 0) is 42.5 Å². The van der Waals surface area contributed by atoms with Crippen LogP contribution in [0.4, 0.5) is 4.39 Å². The van der Waals surface area contributed by atoms with Crippen LogP contribution in [0.15, 0.2) is 48.7 Å². The van der Waals surface area contributed by atoms with Gasteiger partial charge in [-0.3, -0.25) is 4.79 Å². The first-order valence-corrected chi connectivity index (χ1v) is 6.00. The fourth-order valence-corrected chi connectivity index (χ4v) is 2.11. The van der Waals surface area contributed by atoms with Gasteiger partial charge in [0, 0.05) is 28.2 Å². The molecular weight excluding hydrogens is 255 g/mol. The first-order chi connectivity index (χ1) is 9.69. The van der Waals surface area contributed by atoms with Crippen molar-refractivity contribution in [3.63, 3.8) is 0 Å². The molecule has 0 atom stereocenters. The lowest BCUT2D eigenvalue weighted by molar-refractivity contribution is 0.103. The highest BCUT2D eigenvalue weighted by molar-refractivity contribution is 6.10. The molecule has 0 aliphatic rings. The minimum Gasteiger partial charge on any atom is -0.361 e. The van der Waals surface area contributed by atoms with Crippen molar-refractivity contribution in [3.8, 4) is 6.07 Å². The van der Waals surface area contributed by atoms with Gasteiger partial charge in [-0.1, -0.05) is 0 Å². The Balaban J connectivity index is 2.05. The summed E-state index contributed by atoms with van der Waals surface area (Å²) in [5, 5.41) is 9.73. The molecule has 20 heavy (non-hydrogen) atoms. The zero-order valence-electron chi connectivity index (χ0n) is 10.4. The molecule has 3 nitrogen and oxygen atoms in total. The van der Waals surface area contributed by atoms with Gasteiger partial charge in [0.15, 0.2) is 5.78 Å². The lowest BCUT2D eigenvalue weighted by atomic mass is 10.0. The van der Waals surface area contributed by atoms with E-state index in [0.717, 1.165) is 17.0 Å². The average molecular weight is 264 g/mol. The fraction of sp³-hybridized carbons (Fsp3) is 0. The third kappa shape index (κ3) is 1.95. The maximum absolute atomic E-state index is 13.3. The quantitative estimate of drug-likeness (QED) is 0.721. The number of nitrogens with one attached hydrogen (secondary N) is 1. The van der Waals surface area contributed by atoms with Gasteiger partial charge in [-0.15, -0.1) is 0 Å². The van der Waals surface area contributed by atoms with Crippen LogP contribution < -0.4 is 0 Å². The van der Waals surface area contributed by atoms with Crippen LogP contribution in [0.2, 0.25) is 0 Å². The molecule has 0 saturated carbocycles. The van der Waals surface area contributed by atoms with Gasteiger partial charge in [-0.2, -0.15) is 5.26 Å². The van der Waals surface area contributed by atoms with Crippen molar-refractivity contribution < 1.29 is 9.18 Å². The van der Waals surface area contributed by atoms with Crippen LogP contribution in [0.3, 0.4) is 0 Å². The van der Waals surface area contributed by atoms with Gasteiger partial charge >= 0.3 is 0 Å². The first kappa shape index (κ1) is 12.1. The van der Waals surface area contributed by atoms with E-state index in [9.17, 15) is 9.18 Å². The number of nitriles is 1. The number of ketones is 1. The molecule has 0 bridgehead atoms. The molecule has 0 radical (unpaired) electrons. The Bertz CT molecular complexity index is 858. The van der Waals surface area contributed by atoms with Crippen molar-refractivity contribution in [2.75, 3.05) is 0 Å². The Labute approximate surface area is 114 Å². The third-order valence-corrected chi connectivity index (χ3v) is 3.16. The Kier molecular flexibility index (Phi) is 2.81. The first-order valence-electron chi connectivity index (χ1n) is 6.00. The fourth-order valence-electron chi connectivity index (χ4n) is 2.11. The highest BCUT2D eigenvalue weighted by atomic mass is 19.1. The van der Waals surface area contributed by atoms with E-state index in [1.165, 1.54) is 12.1 Å². The summed E-state index contributed by atoms with van der Waals surface area (Å²) in [6.45, 7) is 0. The molecule has 1 N–H and O–H groups in total. The number of rotatable bonds is 2. The Morgan fingerprint density at radius 1 is 1.10 bits per heavy atom. The second-order valence-electron chi connectivity index (χ2n) is 4.42. The molecule has 0 saturated heterocycles. The molecule has 4 heteroatoms. The van der Waals surface area contributed by atoms with E-state index in [1.54, 1.807) is 24.4 Å². The van der Waals surface area contributed by atoms with E-state index < -0.39 is 5.82 Å². The van der Waals surface area contributed by atoms with Gasteiger partial charge in [-0.25, -0.2) is 4.39 Å². The van der Waals surface area contributed by atoms with Crippen LogP contribution in [0.25, 0.3) is 10.9 Å². The Morgan fingerprint density at radius 2 is 1.85 bits per heavy atom. The van der Waals surface area contributed by atoms with Crippen molar-refractivity contribution in [3.05, 3.63) is 71.2 Å². The molecule has 0 aliphatic carbocycles. The maximum Gasteiger partial charge on any atom is 0.193 e. The van der Waals surface area contributed by atoms with Crippen molar-refractivity contribution in [2.24, 2.45) is 0 Å². The lowest BCUT2D eigenvalue weighted by Crippen LogP contribution is -2.02. The minimum absolute atomic E-state index is 0.126. The molecule has 0 spiro atoms. The van der Waals surface area contributed by atoms with E-state index in [-0.39, 0.29) is 11.3 Å². The topological polar surface area (TPSA) is 56.6 Å². The van der Waals surface area contributed by atoms with Gasteiger partial charge < -0.3 is 4.98 Å². The predicted octanol–water partition coefficient (Wildman–Crippen LogP) is 3.41. The van der Waals surface area contributed by atoms with Gasteiger partial charge in [0.1, 0.15) is 11.9 Å². The van der Waals surface area contributed by atoms with E-state index in [2.05, 4.69) is 4.98 Å². The van der Waals surface area contributed by atoms with Crippen LogP contribution >= 0.6 is 0 Å². The second-order valence-corrected chi connectivity index (χ2v) is 4.42. The van der Waals surface area contributed by atoms with Gasteiger partial charge in [0.25, 0.3) is 0 Å². The molecule has 0 fully saturated rings. The number of hydrogen-bond donors (Lipinski definition) is 1. The zero-order chi connectivity index (χ0) is 14.1. The van der Waals surface area contributed by atoms with Gasteiger partial charge in [0.05, 0.1) is 5.56 Å². The number of H-pyrrole nitrogens is 1. The summed E-state index contributed by atoms with van der Waals surface area (Å²) in [5.41, 5.74) is 1.63. The lowest BCUT2D eigenvalue weighted by Gasteiger charge is -2.03. The normalized spacial score (nSPS) is 10.4. The van der Waals surface area contributed by atoms with E-state index >= 15 is 0 Å². The Hall–Kier alpha value is -2.93. The van der Waals surface area contributed by atoms with Crippen molar-refractivity contribution in [1.29, 1.82) is 5.26 Å². The number of carbonyl (C=O) groups is 1. The summed E-state index contributed by atoms with van der Waals surface area (Å²) in [6, 6.07) is 12.7. The highest BCUT2D eigenvalue weighted by Gasteiger charge is 2.12. The van der Waals surface area contributed by atoms with Gasteiger partial charge in [0.2, 0.25) is 0 Å². The van der Waals surface area contributed by atoms with Crippen LogP contribution in [-0.4, -0.2) is 10.8 Å². The van der Waals surface area contributed by atoms with Crippen molar-refractivity contribution >= 4 is 16.7 Å². The molecule has 0 unspecified atom stereocenters. The average Bonchev–Trinajstić information content (AvgIpc) is 2.94. The molecule has 1 heterocycles. The second kappa shape index (κ2) is 4.63. The number of carbonyl (C=O) groups excluding carboxylic acids is 1. The van der Waals surface area contributed by atoms with Crippen LogP contribution in [0.1, 0.15) is 21.5 Å². The molecule has 3 aromatic rings. The van der Waals surface area contributed by atoms with Crippen LogP contribution in [0, 0.1) is 17.1 Å². The summed E-state index contributed by atoms with van der Waals surface area (Å²) in [6.07, 6.45) is 1.80. The standard InChI is InChI=1S/C16H9FN2O/c17-14-3-1-11(8-13(14)9-18)16(20)12-2-4-15-10(7-12)5-6-19-15/h1-8,19H. The van der Waals surface area contributed by atoms with Crippen molar-refractivity contribution in [1.82, 2.24) is 4.98 Å². The van der Waals surface area contributed by atoms with Crippen LogP contribution in [0.5, 0.6) is 0 Å². The SMILES string of the molecule is N#Cc1cc(C(=O)c2ccc3[nH]ccc3c2)ccc1F. The molecule has 2 aromatic carbocycles. The molecule has 0 amide bonds. The Morgan fingerprint density at radius 3 is 2.65 bits per heavy atom. The number of halogens is 1. The van der Waals surface area contributed by atoms with E-state index in [4.69, 9.17) is 5.26 Å². The van der Waals surface area contributed by atoms with Crippen LogP contribution in [-0.2, 0) is 0 Å². The summed E-state index contributed by atoms with van der Waals surface area (Å²) in [4.78, 5) is 15.4.